The molecule has 2 aromatic rings. The van der Waals surface area contributed by atoms with Crippen LogP contribution in [0.4, 0.5) is 0 Å². The molecular weight excluding hydrogens is 312 g/mol. The highest BCUT2D eigenvalue weighted by molar-refractivity contribution is 5.77. The number of aryl methyl sites for hydroxylation is 1. The van der Waals surface area contributed by atoms with Gasteiger partial charge in [0.2, 0.25) is 5.91 Å². The van der Waals surface area contributed by atoms with E-state index in [9.17, 15) is 4.79 Å². The Morgan fingerprint density at radius 3 is 3.00 bits per heavy atom. The SMILES string of the molecule is Cc1cccc(CN2Cc3ccnn3[C@H](CCN3CCCC3=O)C2)c1. The number of rotatable bonds is 5. The van der Waals surface area contributed by atoms with E-state index in [1.165, 1.54) is 16.8 Å². The van der Waals surface area contributed by atoms with E-state index in [4.69, 9.17) is 0 Å². The molecule has 132 valence electrons. The molecule has 1 atom stereocenters. The fraction of sp³-hybridized carbons (Fsp3) is 0.500. The molecule has 25 heavy (non-hydrogen) atoms. The summed E-state index contributed by atoms with van der Waals surface area (Å²) in [4.78, 5) is 16.4. The Morgan fingerprint density at radius 1 is 1.28 bits per heavy atom. The molecule has 1 amide bonds. The summed E-state index contributed by atoms with van der Waals surface area (Å²) in [6.07, 6.45) is 4.61. The van der Waals surface area contributed by atoms with Crippen molar-refractivity contribution in [1.29, 1.82) is 0 Å². The molecule has 4 rings (SSSR count). The summed E-state index contributed by atoms with van der Waals surface area (Å²) < 4.78 is 2.17. The lowest BCUT2D eigenvalue weighted by Crippen LogP contribution is -2.39. The minimum Gasteiger partial charge on any atom is -0.343 e. The maximum atomic E-state index is 11.9. The van der Waals surface area contributed by atoms with Crippen molar-refractivity contribution in [3.8, 4) is 0 Å². The maximum absolute atomic E-state index is 11.9. The average Bonchev–Trinajstić information content (AvgIpc) is 3.21. The van der Waals surface area contributed by atoms with E-state index in [1.54, 1.807) is 0 Å². The molecule has 3 heterocycles. The van der Waals surface area contributed by atoms with Crippen LogP contribution < -0.4 is 0 Å². The third-order valence-electron chi connectivity index (χ3n) is 5.34. The lowest BCUT2D eigenvalue weighted by atomic mass is 10.1. The van der Waals surface area contributed by atoms with Gasteiger partial charge in [0.1, 0.15) is 0 Å². The van der Waals surface area contributed by atoms with Crippen molar-refractivity contribution in [2.75, 3.05) is 19.6 Å². The van der Waals surface area contributed by atoms with Gasteiger partial charge in [0.05, 0.1) is 11.7 Å². The first-order valence-electron chi connectivity index (χ1n) is 9.27. The van der Waals surface area contributed by atoms with E-state index < -0.39 is 0 Å². The lowest BCUT2D eigenvalue weighted by molar-refractivity contribution is -0.127. The number of aromatic nitrogens is 2. The van der Waals surface area contributed by atoms with Crippen LogP contribution in [0.25, 0.3) is 0 Å². The second kappa shape index (κ2) is 7.00. The summed E-state index contributed by atoms with van der Waals surface area (Å²) in [6.45, 7) is 6.81. The van der Waals surface area contributed by atoms with Gasteiger partial charge in [-0.2, -0.15) is 5.10 Å². The van der Waals surface area contributed by atoms with Gasteiger partial charge in [0.15, 0.2) is 0 Å². The molecule has 2 aliphatic heterocycles. The van der Waals surface area contributed by atoms with Crippen molar-refractivity contribution in [1.82, 2.24) is 19.6 Å². The summed E-state index contributed by atoms with van der Waals surface area (Å²) >= 11 is 0. The van der Waals surface area contributed by atoms with Crippen molar-refractivity contribution in [2.45, 2.75) is 45.3 Å². The molecule has 5 nitrogen and oxygen atoms in total. The second-order valence-electron chi connectivity index (χ2n) is 7.35. The van der Waals surface area contributed by atoms with E-state index >= 15 is 0 Å². The van der Waals surface area contributed by atoms with Crippen LogP contribution in [0.15, 0.2) is 36.5 Å². The summed E-state index contributed by atoms with van der Waals surface area (Å²) in [7, 11) is 0. The van der Waals surface area contributed by atoms with Crippen molar-refractivity contribution in [2.24, 2.45) is 0 Å². The molecule has 1 aromatic heterocycles. The van der Waals surface area contributed by atoms with Crippen molar-refractivity contribution in [3.63, 3.8) is 0 Å². The van der Waals surface area contributed by atoms with Crippen LogP contribution in [0.3, 0.4) is 0 Å². The van der Waals surface area contributed by atoms with Gasteiger partial charge < -0.3 is 4.90 Å². The van der Waals surface area contributed by atoms with Crippen LogP contribution in [0.1, 0.15) is 42.1 Å². The topological polar surface area (TPSA) is 41.4 Å². The zero-order valence-corrected chi connectivity index (χ0v) is 14.9. The lowest BCUT2D eigenvalue weighted by Gasteiger charge is -2.34. The van der Waals surface area contributed by atoms with Crippen LogP contribution in [0.2, 0.25) is 0 Å². The quantitative estimate of drug-likeness (QED) is 0.842. The zero-order chi connectivity index (χ0) is 17.2. The van der Waals surface area contributed by atoms with Crippen LogP contribution >= 0.6 is 0 Å². The Morgan fingerprint density at radius 2 is 2.20 bits per heavy atom. The molecule has 5 heteroatoms. The highest BCUT2D eigenvalue weighted by atomic mass is 16.2. The Hall–Kier alpha value is -2.14. The predicted octanol–water partition coefficient (Wildman–Crippen LogP) is 2.76. The van der Waals surface area contributed by atoms with Gasteiger partial charge in [-0.15, -0.1) is 0 Å². The Balaban J connectivity index is 1.44. The first kappa shape index (κ1) is 16.3. The number of fused-ring (bicyclic) bond motifs is 1. The fourth-order valence-corrected chi connectivity index (χ4v) is 4.11. The van der Waals surface area contributed by atoms with Gasteiger partial charge in [-0.25, -0.2) is 0 Å². The van der Waals surface area contributed by atoms with Gasteiger partial charge in [-0.3, -0.25) is 14.4 Å². The van der Waals surface area contributed by atoms with E-state index in [-0.39, 0.29) is 0 Å². The average molecular weight is 338 g/mol. The van der Waals surface area contributed by atoms with E-state index in [1.807, 2.05) is 11.1 Å². The summed E-state index contributed by atoms with van der Waals surface area (Å²) in [5.74, 6) is 0.313. The monoisotopic (exact) mass is 338 g/mol. The van der Waals surface area contributed by atoms with Gasteiger partial charge in [-0.05, 0) is 31.4 Å². The molecule has 0 spiro atoms. The van der Waals surface area contributed by atoms with Gasteiger partial charge in [-0.1, -0.05) is 29.8 Å². The number of likely N-dealkylation sites (tertiary alicyclic amines) is 1. The molecular formula is C20H26N4O. The van der Waals surface area contributed by atoms with E-state index in [2.05, 4.69) is 51.9 Å². The highest BCUT2D eigenvalue weighted by Crippen LogP contribution is 2.25. The summed E-state index contributed by atoms with van der Waals surface area (Å²) in [5.41, 5.74) is 3.95. The second-order valence-corrected chi connectivity index (χ2v) is 7.35. The van der Waals surface area contributed by atoms with E-state index in [0.29, 0.717) is 11.9 Å². The molecule has 0 aliphatic carbocycles. The minimum atomic E-state index is 0.313. The summed E-state index contributed by atoms with van der Waals surface area (Å²) in [5, 5.41) is 4.54. The molecule has 0 bridgehead atoms. The smallest absolute Gasteiger partial charge is 0.222 e. The minimum absolute atomic E-state index is 0.313. The van der Waals surface area contributed by atoms with Crippen LogP contribution in [0, 0.1) is 6.92 Å². The molecule has 1 fully saturated rings. The van der Waals surface area contributed by atoms with Crippen molar-refractivity contribution >= 4 is 5.91 Å². The van der Waals surface area contributed by atoms with Crippen LogP contribution in [-0.2, 0) is 17.9 Å². The number of carbonyl (C=O) groups excluding carboxylic acids is 1. The Bertz CT molecular complexity index is 754. The third kappa shape index (κ3) is 3.61. The summed E-state index contributed by atoms with van der Waals surface area (Å²) in [6, 6.07) is 11.2. The van der Waals surface area contributed by atoms with Crippen molar-refractivity contribution in [3.05, 3.63) is 53.3 Å². The van der Waals surface area contributed by atoms with Crippen LogP contribution in [0.5, 0.6) is 0 Å². The molecule has 1 saturated heterocycles. The zero-order valence-electron chi connectivity index (χ0n) is 14.9. The number of hydrogen-bond acceptors (Lipinski definition) is 3. The van der Waals surface area contributed by atoms with Crippen LogP contribution in [-0.4, -0.2) is 45.1 Å². The largest absolute Gasteiger partial charge is 0.343 e. The van der Waals surface area contributed by atoms with Gasteiger partial charge in [0, 0.05) is 45.3 Å². The number of amides is 1. The number of carbonyl (C=O) groups is 1. The Labute approximate surface area is 149 Å². The first-order chi connectivity index (χ1) is 12.2. The van der Waals surface area contributed by atoms with Crippen molar-refractivity contribution < 1.29 is 4.79 Å². The van der Waals surface area contributed by atoms with E-state index in [0.717, 1.165) is 52.0 Å². The molecule has 0 N–H and O–H groups in total. The molecule has 1 aromatic carbocycles. The number of benzene rings is 1. The normalized spacial score (nSPS) is 20.9. The highest BCUT2D eigenvalue weighted by Gasteiger charge is 2.27. The first-order valence-corrected chi connectivity index (χ1v) is 9.27. The predicted molar refractivity (Wildman–Crippen MR) is 97.0 cm³/mol. The third-order valence-corrected chi connectivity index (χ3v) is 5.34. The maximum Gasteiger partial charge on any atom is 0.222 e. The number of nitrogens with zero attached hydrogens (tertiary/aromatic N) is 4. The number of hydrogen-bond donors (Lipinski definition) is 0. The van der Waals surface area contributed by atoms with Gasteiger partial charge in [0.25, 0.3) is 0 Å². The van der Waals surface area contributed by atoms with Gasteiger partial charge >= 0.3 is 0 Å². The molecule has 0 radical (unpaired) electrons. The fourth-order valence-electron chi connectivity index (χ4n) is 4.11. The molecule has 0 unspecified atom stereocenters. The molecule has 0 saturated carbocycles. The standard InChI is InChI=1S/C20H26N4O/c1-16-4-2-5-17(12-16)13-22-14-18-7-9-21-24(18)19(15-22)8-11-23-10-3-6-20(23)25/h2,4-5,7,9,12,19H,3,6,8,10-11,13-15H2,1H3/t19-/m1/s1. The molecule has 2 aliphatic rings. The Kier molecular flexibility index (Phi) is 4.57.